The van der Waals surface area contributed by atoms with Crippen LogP contribution in [0.25, 0.3) is 0 Å². The minimum Gasteiger partial charge on any atom is -0.491 e. The summed E-state index contributed by atoms with van der Waals surface area (Å²) in [6.07, 6.45) is 11.1. The molecule has 0 aromatic heterocycles. The number of methoxy groups -OCH3 is 1. The molecule has 4 rings (SSSR count). The number of fused-ring (bicyclic) bond motifs is 1. The van der Waals surface area contributed by atoms with Crippen molar-refractivity contribution in [2.75, 3.05) is 37.5 Å². The number of nitrogens with zero attached hydrogens (tertiary/aromatic N) is 1. The molecule has 2 N–H and O–H groups in total. The standard InChI is InChI=1S/C32H43ClN2O3S/c1-22(21-39)6-3-11-30(37-2)28-14-12-26(28)19-35-18-24(9-4-7-23-8-5-10-27(33)16-23)20-38-31-15-13-25(32(34)36)17-29(31)35/h3,5,8,10-11,13,15-17,22,24,26,28,30,39H,4,6-7,9,12,14,18-21H2,1-2H3,(H2,34,36)/b11-3-/t22-,24?,26-,28+,30-/m0/s1. The number of aryl methyl sites for hydroxylation is 1. The number of thiol groups is 1. The van der Waals surface area contributed by atoms with Gasteiger partial charge in [-0.1, -0.05) is 42.8 Å². The lowest BCUT2D eigenvalue weighted by Gasteiger charge is -2.43. The third-order valence-electron chi connectivity index (χ3n) is 8.31. The van der Waals surface area contributed by atoms with E-state index in [1.54, 1.807) is 6.07 Å². The van der Waals surface area contributed by atoms with Gasteiger partial charge in [0.1, 0.15) is 5.75 Å². The van der Waals surface area contributed by atoms with Crippen LogP contribution in [0, 0.1) is 23.7 Å². The van der Waals surface area contributed by atoms with Gasteiger partial charge >= 0.3 is 0 Å². The molecule has 1 amide bonds. The number of hydrogen-bond donors (Lipinski definition) is 2. The van der Waals surface area contributed by atoms with Gasteiger partial charge in [-0.15, -0.1) is 0 Å². The van der Waals surface area contributed by atoms with Gasteiger partial charge in [0.15, 0.2) is 0 Å². The van der Waals surface area contributed by atoms with Crippen molar-refractivity contribution in [2.45, 2.75) is 51.6 Å². The number of primary amides is 1. The average Bonchev–Trinajstić information content (AvgIpc) is 3.09. The van der Waals surface area contributed by atoms with Gasteiger partial charge in [0, 0.05) is 36.7 Å². The fourth-order valence-corrected chi connectivity index (χ4v) is 6.16. The second kappa shape index (κ2) is 14.5. The molecule has 39 heavy (non-hydrogen) atoms. The van der Waals surface area contributed by atoms with Crippen LogP contribution in [0.4, 0.5) is 5.69 Å². The van der Waals surface area contributed by atoms with Gasteiger partial charge in [0.2, 0.25) is 5.91 Å². The highest BCUT2D eigenvalue weighted by Crippen LogP contribution is 2.42. The highest BCUT2D eigenvalue weighted by atomic mass is 35.5. The number of rotatable bonds is 13. The Bertz CT molecular complexity index is 1130. The number of anilines is 1. The lowest BCUT2D eigenvalue weighted by Crippen LogP contribution is -2.44. The van der Waals surface area contributed by atoms with Crippen molar-refractivity contribution < 1.29 is 14.3 Å². The van der Waals surface area contributed by atoms with E-state index in [4.69, 9.17) is 26.8 Å². The van der Waals surface area contributed by atoms with Crippen LogP contribution in [0.2, 0.25) is 5.02 Å². The molecule has 212 valence electrons. The summed E-state index contributed by atoms with van der Waals surface area (Å²) >= 11 is 10.6. The van der Waals surface area contributed by atoms with Gasteiger partial charge in [-0.05, 0) is 97.9 Å². The first-order valence-electron chi connectivity index (χ1n) is 14.2. The average molecular weight is 571 g/mol. The first-order chi connectivity index (χ1) is 18.9. The first-order valence-corrected chi connectivity index (χ1v) is 15.2. The van der Waals surface area contributed by atoms with Crippen LogP contribution in [0.3, 0.4) is 0 Å². The van der Waals surface area contributed by atoms with Crippen LogP contribution in [-0.2, 0) is 11.2 Å². The molecule has 0 radical (unpaired) electrons. The minimum atomic E-state index is -0.415. The molecule has 1 aliphatic carbocycles. The summed E-state index contributed by atoms with van der Waals surface area (Å²) in [5.74, 6) is 3.23. The summed E-state index contributed by atoms with van der Waals surface area (Å²) in [4.78, 5) is 14.4. The van der Waals surface area contributed by atoms with Gasteiger partial charge in [-0.25, -0.2) is 0 Å². The van der Waals surface area contributed by atoms with Crippen molar-refractivity contribution in [3.05, 3.63) is 70.8 Å². The molecular weight excluding hydrogens is 528 g/mol. The Morgan fingerprint density at radius 1 is 1.28 bits per heavy atom. The maximum absolute atomic E-state index is 12.0. The monoisotopic (exact) mass is 570 g/mol. The Balaban J connectivity index is 1.46. The molecule has 1 fully saturated rings. The number of benzene rings is 2. The van der Waals surface area contributed by atoms with Gasteiger partial charge in [-0.3, -0.25) is 4.79 Å². The van der Waals surface area contributed by atoms with E-state index in [9.17, 15) is 4.79 Å². The van der Waals surface area contributed by atoms with Crippen LogP contribution in [0.1, 0.15) is 54.9 Å². The molecule has 5 nitrogen and oxygen atoms in total. The highest BCUT2D eigenvalue weighted by Gasteiger charge is 2.38. The van der Waals surface area contributed by atoms with Gasteiger partial charge in [-0.2, -0.15) is 12.6 Å². The normalized spacial score (nSPS) is 22.5. The van der Waals surface area contributed by atoms with E-state index in [0.29, 0.717) is 35.8 Å². The maximum Gasteiger partial charge on any atom is 0.248 e. The van der Waals surface area contributed by atoms with Gasteiger partial charge in [0.25, 0.3) is 0 Å². The fourth-order valence-electron chi connectivity index (χ4n) is 5.80. The Labute approximate surface area is 244 Å². The van der Waals surface area contributed by atoms with Crippen molar-refractivity contribution in [3.8, 4) is 5.75 Å². The smallest absolute Gasteiger partial charge is 0.248 e. The third kappa shape index (κ3) is 8.18. The van der Waals surface area contributed by atoms with E-state index in [-0.39, 0.29) is 6.10 Å². The number of allylic oxidation sites excluding steroid dienone is 1. The molecule has 2 aliphatic rings. The largest absolute Gasteiger partial charge is 0.491 e. The number of carbonyl (C=O) groups excluding carboxylic acids is 1. The van der Waals surface area contributed by atoms with E-state index in [1.807, 2.05) is 31.4 Å². The van der Waals surface area contributed by atoms with Crippen molar-refractivity contribution in [3.63, 3.8) is 0 Å². The van der Waals surface area contributed by atoms with E-state index < -0.39 is 5.91 Å². The molecular formula is C32H43ClN2O3S. The zero-order valence-corrected chi connectivity index (χ0v) is 24.9. The minimum absolute atomic E-state index is 0.115. The van der Waals surface area contributed by atoms with Crippen LogP contribution >= 0.6 is 24.2 Å². The van der Waals surface area contributed by atoms with Crippen molar-refractivity contribution in [1.29, 1.82) is 0 Å². The number of hydrogen-bond acceptors (Lipinski definition) is 5. The Morgan fingerprint density at radius 2 is 2.13 bits per heavy atom. The molecule has 1 aliphatic heterocycles. The fraction of sp³-hybridized carbons (Fsp3) is 0.531. The summed E-state index contributed by atoms with van der Waals surface area (Å²) < 4.78 is 12.2. The molecule has 1 heterocycles. The zero-order valence-electron chi connectivity index (χ0n) is 23.2. The maximum atomic E-state index is 12.0. The molecule has 5 atom stereocenters. The van der Waals surface area contributed by atoms with Crippen LogP contribution in [-0.4, -0.2) is 44.6 Å². The van der Waals surface area contributed by atoms with Crippen LogP contribution in [0.15, 0.2) is 54.6 Å². The van der Waals surface area contributed by atoms with E-state index in [2.05, 4.69) is 48.7 Å². The number of carbonyl (C=O) groups is 1. The SMILES string of the molecule is CO[C@@H](/C=C\C[C@H](C)CS)[C@@H]1CC[C@H]1CN1CC(CCCc2cccc(Cl)c2)COc2ccc(C(N)=O)cc21. The van der Waals surface area contributed by atoms with E-state index >= 15 is 0 Å². The number of ether oxygens (including phenoxy) is 2. The zero-order chi connectivity index (χ0) is 27.8. The first kappa shape index (κ1) is 29.8. The van der Waals surface area contributed by atoms with Crippen LogP contribution < -0.4 is 15.4 Å². The second-order valence-electron chi connectivity index (χ2n) is 11.3. The number of amides is 1. The Hall–Kier alpha value is -2.15. The molecule has 2 aromatic rings. The predicted molar refractivity (Wildman–Crippen MR) is 164 cm³/mol. The van der Waals surface area contributed by atoms with E-state index in [1.165, 1.54) is 12.0 Å². The van der Waals surface area contributed by atoms with Crippen molar-refractivity contribution in [2.24, 2.45) is 29.4 Å². The molecule has 1 unspecified atom stereocenters. The summed E-state index contributed by atoms with van der Waals surface area (Å²) in [5.41, 5.74) is 8.41. The van der Waals surface area contributed by atoms with Crippen molar-refractivity contribution in [1.82, 2.24) is 0 Å². The summed E-state index contributed by atoms with van der Waals surface area (Å²) in [6.45, 7) is 4.68. The molecule has 7 heteroatoms. The number of halogens is 1. The summed E-state index contributed by atoms with van der Waals surface area (Å²) in [6, 6.07) is 13.7. The van der Waals surface area contributed by atoms with E-state index in [0.717, 1.165) is 67.4 Å². The van der Waals surface area contributed by atoms with Gasteiger partial charge < -0.3 is 20.1 Å². The lowest BCUT2D eigenvalue weighted by molar-refractivity contribution is 0.0133. The highest BCUT2D eigenvalue weighted by molar-refractivity contribution is 7.80. The third-order valence-corrected chi connectivity index (χ3v) is 9.16. The number of nitrogens with two attached hydrogens (primary N) is 1. The summed E-state index contributed by atoms with van der Waals surface area (Å²) in [7, 11) is 1.82. The van der Waals surface area contributed by atoms with Gasteiger partial charge in [0.05, 0.1) is 18.4 Å². The topological polar surface area (TPSA) is 64.8 Å². The lowest BCUT2D eigenvalue weighted by atomic mass is 9.70. The Morgan fingerprint density at radius 3 is 2.82 bits per heavy atom. The molecule has 1 saturated carbocycles. The molecule has 0 bridgehead atoms. The quantitative estimate of drug-likeness (QED) is 0.205. The predicted octanol–water partition coefficient (Wildman–Crippen LogP) is 6.83. The molecule has 0 saturated heterocycles. The Kier molecular flexibility index (Phi) is 11.1. The second-order valence-corrected chi connectivity index (χ2v) is 12.1. The molecule has 0 spiro atoms. The van der Waals surface area contributed by atoms with Crippen LogP contribution in [0.5, 0.6) is 5.75 Å². The molecule has 2 aromatic carbocycles. The summed E-state index contributed by atoms with van der Waals surface area (Å²) in [5, 5.41) is 0.785. The van der Waals surface area contributed by atoms with Crippen molar-refractivity contribution >= 4 is 35.8 Å².